The highest BCUT2D eigenvalue weighted by molar-refractivity contribution is 7.08. The third-order valence-electron chi connectivity index (χ3n) is 4.13. The molecule has 1 unspecified atom stereocenters. The SMILES string of the molecule is CC(c1ccc(Cl)cc1)N(C)C(=O)CCc1nc(-c2ccsc2)no1. The number of thiophene rings is 1. The molecule has 130 valence electrons. The van der Waals surface area contributed by atoms with Crippen molar-refractivity contribution in [1.82, 2.24) is 15.0 Å². The molecule has 3 rings (SSSR count). The molecule has 0 aliphatic rings. The summed E-state index contributed by atoms with van der Waals surface area (Å²) in [6.45, 7) is 1.99. The summed E-state index contributed by atoms with van der Waals surface area (Å²) in [5.41, 5.74) is 1.97. The average molecular weight is 376 g/mol. The zero-order valence-electron chi connectivity index (χ0n) is 14.0. The second kappa shape index (κ2) is 7.80. The number of carbonyl (C=O) groups is 1. The van der Waals surface area contributed by atoms with Gasteiger partial charge in [0.05, 0.1) is 6.04 Å². The minimum absolute atomic E-state index is 0.0257. The summed E-state index contributed by atoms with van der Waals surface area (Å²) >= 11 is 7.49. The van der Waals surface area contributed by atoms with E-state index >= 15 is 0 Å². The van der Waals surface area contributed by atoms with Crippen LogP contribution in [0.3, 0.4) is 0 Å². The van der Waals surface area contributed by atoms with Crippen molar-refractivity contribution in [3.63, 3.8) is 0 Å². The van der Waals surface area contributed by atoms with Crippen molar-refractivity contribution in [3.05, 3.63) is 57.6 Å². The molecule has 0 saturated heterocycles. The monoisotopic (exact) mass is 375 g/mol. The molecule has 0 bridgehead atoms. The molecular weight excluding hydrogens is 358 g/mol. The lowest BCUT2D eigenvalue weighted by Crippen LogP contribution is -2.29. The maximum atomic E-state index is 12.4. The molecule has 5 nitrogen and oxygen atoms in total. The Morgan fingerprint density at radius 2 is 2.08 bits per heavy atom. The van der Waals surface area contributed by atoms with Crippen molar-refractivity contribution in [2.45, 2.75) is 25.8 Å². The molecule has 0 radical (unpaired) electrons. The first-order chi connectivity index (χ1) is 12.0. The highest BCUT2D eigenvalue weighted by atomic mass is 35.5. The standard InChI is InChI=1S/C18H18ClN3O2S/c1-12(13-3-5-15(19)6-4-13)22(2)17(23)8-7-16-20-18(21-24-16)14-9-10-25-11-14/h3-6,9-12H,7-8H2,1-2H3. The Morgan fingerprint density at radius 3 is 2.76 bits per heavy atom. The molecule has 1 atom stereocenters. The van der Waals surface area contributed by atoms with E-state index in [-0.39, 0.29) is 11.9 Å². The number of nitrogens with zero attached hydrogens (tertiary/aromatic N) is 3. The van der Waals surface area contributed by atoms with E-state index in [2.05, 4.69) is 10.1 Å². The molecule has 0 fully saturated rings. The Labute approximate surface area is 155 Å². The molecule has 0 N–H and O–H groups in total. The molecule has 0 spiro atoms. The van der Waals surface area contributed by atoms with Crippen LogP contribution in [0, 0.1) is 0 Å². The number of carbonyl (C=O) groups excluding carboxylic acids is 1. The van der Waals surface area contributed by atoms with E-state index in [4.69, 9.17) is 16.1 Å². The smallest absolute Gasteiger partial charge is 0.227 e. The Morgan fingerprint density at radius 1 is 1.32 bits per heavy atom. The zero-order valence-corrected chi connectivity index (χ0v) is 15.5. The molecule has 0 aliphatic heterocycles. The normalized spacial score (nSPS) is 12.1. The second-order valence-electron chi connectivity index (χ2n) is 5.76. The van der Waals surface area contributed by atoms with Crippen molar-refractivity contribution < 1.29 is 9.32 Å². The summed E-state index contributed by atoms with van der Waals surface area (Å²) in [6, 6.07) is 9.43. The molecule has 25 heavy (non-hydrogen) atoms. The fourth-order valence-corrected chi connectivity index (χ4v) is 3.20. The van der Waals surface area contributed by atoms with Gasteiger partial charge in [-0.05, 0) is 36.1 Å². The lowest BCUT2D eigenvalue weighted by atomic mass is 10.1. The van der Waals surface area contributed by atoms with Gasteiger partial charge in [0.15, 0.2) is 0 Å². The molecule has 3 aromatic rings. The summed E-state index contributed by atoms with van der Waals surface area (Å²) in [7, 11) is 1.80. The van der Waals surface area contributed by atoms with Crippen LogP contribution in [0.15, 0.2) is 45.6 Å². The first-order valence-corrected chi connectivity index (χ1v) is 9.23. The van der Waals surface area contributed by atoms with Crippen molar-refractivity contribution in [2.75, 3.05) is 7.05 Å². The molecule has 0 aliphatic carbocycles. The summed E-state index contributed by atoms with van der Waals surface area (Å²) in [5, 5.41) is 8.56. The first-order valence-electron chi connectivity index (χ1n) is 7.91. The average Bonchev–Trinajstić information content (AvgIpc) is 3.30. The predicted octanol–water partition coefficient (Wildman–Crippen LogP) is 4.60. The molecule has 7 heteroatoms. The van der Waals surface area contributed by atoms with E-state index in [1.807, 2.05) is 48.0 Å². The van der Waals surface area contributed by atoms with Gasteiger partial charge >= 0.3 is 0 Å². The van der Waals surface area contributed by atoms with Crippen LogP contribution in [-0.4, -0.2) is 28.0 Å². The van der Waals surface area contributed by atoms with E-state index in [0.29, 0.717) is 29.6 Å². The van der Waals surface area contributed by atoms with Crippen molar-refractivity contribution >= 4 is 28.8 Å². The van der Waals surface area contributed by atoms with Gasteiger partial charge in [-0.3, -0.25) is 4.79 Å². The van der Waals surface area contributed by atoms with Crippen molar-refractivity contribution in [3.8, 4) is 11.4 Å². The van der Waals surface area contributed by atoms with Gasteiger partial charge < -0.3 is 9.42 Å². The maximum absolute atomic E-state index is 12.4. The van der Waals surface area contributed by atoms with Crippen LogP contribution < -0.4 is 0 Å². The largest absolute Gasteiger partial charge is 0.339 e. The molecular formula is C18H18ClN3O2S. The highest BCUT2D eigenvalue weighted by Gasteiger charge is 2.18. The molecule has 0 saturated carbocycles. The van der Waals surface area contributed by atoms with Crippen molar-refractivity contribution in [1.29, 1.82) is 0 Å². The fourth-order valence-electron chi connectivity index (χ4n) is 2.44. The number of benzene rings is 1. The van der Waals surface area contributed by atoms with Crippen LogP contribution >= 0.6 is 22.9 Å². The molecule has 2 heterocycles. The predicted molar refractivity (Wildman–Crippen MR) is 98.6 cm³/mol. The van der Waals surface area contributed by atoms with Crippen LogP contribution in [0.5, 0.6) is 0 Å². The Hall–Kier alpha value is -2.18. The lowest BCUT2D eigenvalue weighted by Gasteiger charge is -2.25. The number of hydrogen-bond donors (Lipinski definition) is 0. The minimum atomic E-state index is -0.0335. The zero-order chi connectivity index (χ0) is 17.8. The van der Waals surface area contributed by atoms with Crippen LogP contribution in [0.2, 0.25) is 5.02 Å². The van der Waals surface area contributed by atoms with E-state index < -0.39 is 0 Å². The third kappa shape index (κ3) is 4.27. The number of hydrogen-bond acceptors (Lipinski definition) is 5. The second-order valence-corrected chi connectivity index (χ2v) is 6.97. The van der Waals surface area contributed by atoms with E-state index in [0.717, 1.165) is 11.1 Å². The third-order valence-corrected chi connectivity index (χ3v) is 5.06. The number of halogens is 1. The van der Waals surface area contributed by atoms with Gasteiger partial charge in [0.2, 0.25) is 17.6 Å². The molecule has 1 amide bonds. The minimum Gasteiger partial charge on any atom is -0.339 e. The van der Waals surface area contributed by atoms with Crippen LogP contribution in [0.25, 0.3) is 11.4 Å². The van der Waals surface area contributed by atoms with E-state index in [1.54, 1.807) is 23.3 Å². The lowest BCUT2D eigenvalue weighted by molar-refractivity contribution is -0.131. The maximum Gasteiger partial charge on any atom is 0.227 e. The topological polar surface area (TPSA) is 59.2 Å². The Bertz CT molecular complexity index is 830. The van der Waals surface area contributed by atoms with E-state index in [1.165, 1.54) is 0 Å². The van der Waals surface area contributed by atoms with Gasteiger partial charge in [-0.15, -0.1) is 0 Å². The van der Waals surface area contributed by atoms with Gasteiger partial charge in [-0.1, -0.05) is 28.9 Å². The van der Waals surface area contributed by atoms with Gasteiger partial charge in [-0.25, -0.2) is 0 Å². The van der Waals surface area contributed by atoms with Crippen molar-refractivity contribution in [2.24, 2.45) is 0 Å². The van der Waals surface area contributed by atoms with Gasteiger partial charge in [0, 0.05) is 35.9 Å². The van der Waals surface area contributed by atoms with E-state index in [9.17, 15) is 4.79 Å². The number of rotatable bonds is 6. The van der Waals surface area contributed by atoms with Gasteiger partial charge in [0.1, 0.15) is 0 Å². The summed E-state index contributed by atoms with van der Waals surface area (Å²) in [5.74, 6) is 1.06. The summed E-state index contributed by atoms with van der Waals surface area (Å²) < 4.78 is 5.23. The summed E-state index contributed by atoms with van der Waals surface area (Å²) in [6.07, 6.45) is 0.743. The fraction of sp³-hybridized carbons (Fsp3) is 0.278. The quantitative estimate of drug-likeness (QED) is 0.631. The Balaban J connectivity index is 1.57. The van der Waals surface area contributed by atoms with Gasteiger partial charge in [0.25, 0.3) is 0 Å². The Kier molecular flexibility index (Phi) is 5.50. The van der Waals surface area contributed by atoms with Gasteiger partial charge in [-0.2, -0.15) is 16.3 Å². The molecule has 2 aromatic heterocycles. The van der Waals surface area contributed by atoms with Crippen LogP contribution in [-0.2, 0) is 11.2 Å². The summed E-state index contributed by atoms with van der Waals surface area (Å²) in [4.78, 5) is 18.5. The van der Waals surface area contributed by atoms with Crippen LogP contribution in [0.4, 0.5) is 0 Å². The first kappa shape index (κ1) is 17.6. The number of aryl methyl sites for hydroxylation is 1. The molecule has 1 aromatic carbocycles. The number of aromatic nitrogens is 2. The highest BCUT2D eigenvalue weighted by Crippen LogP contribution is 2.22. The number of amides is 1. The van der Waals surface area contributed by atoms with Crippen LogP contribution in [0.1, 0.15) is 30.8 Å².